The Hall–Kier alpha value is -0.120. The van der Waals surface area contributed by atoms with E-state index in [4.69, 9.17) is 17.2 Å². The number of hydrogen-bond acceptors (Lipinski definition) is 3. The Kier molecular flexibility index (Phi) is 3.71. The van der Waals surface area contributed by atoms with E-state index in [0.717, 1.165) is 25.7 Å². The average Bonchev–Trinajstić information content (AvgIpc) is 2.09. The molecule has 0 aliphatic heterocycles. The lowest BCUT2D eigenvalue weighted by molar-refractivity contribution is 0.243. The van der Waals surface area contributed by atoms with E-state index in [-0.39, 0.29) is 0 Å². The van der Waals surface area contributed by atoms with Crippen molar-refractivity contribution >= 4 is 0 Å². The molecule has 6 N–H and O–H groups in total. The third-order valence-corrected chi connectivity index (χ3v) is 3.22. The largest absolute Gasteiger partial charge is 0.328 e. The van der Waals surface area contributed by atoms with E-state index in [9.17, 15) is 0 Å². The second-order valence-corrected chi connectivity index (χ2v) is 4.57. The fourth-order valence-electron chi connectivity index (χ4n) is 2.07. The van der Waals surface area contributed by atoms with Gasteiger partial charge in [0, 0.05) is 6.04 Å². The molecule has 1 fully saturated rings. The first-order valence-corrected chi connectivity index (χ1v) is 5.37. The molecule has 78 valence electrons. The van der Waals surface area contributed by atoms with Gasteiger partial charge in [0.15, 0.2) is 0 Å². The lowest BCUT2D eigenvalue weighted by Crippen LogP contribution is -2.50. The Labute approximate surface area is 81.0 Å². The molecule has 0 aromatic rings. The monoisotopic (exact) mass is 185 g/mol. The number of rotatable bonds is 3. The van der Waals surface area contributed by atoms with Gasteiger partial charge in [-0.2, -0.15) is 0 Å². The zero-order valence-electron chi connectivity index (χ0n) is 8.63. The van der Waals surface area contributed by atoms with E-state index < -0.39 is 5.66 Å². The van der Waals surface area contributed by atoms with Crippen LogP contribution in [-0.4, -0.2) is 11.7 Å². The average molecular weight is 185 g/mol. The highest BCUT2D eigenvalue weighted by atomic mass is 14.9. The molecule has 1 rings (SSSR count). The minimum absolute atomic E-state index is 0.419. The van der Waals surface area contributed by atoms with Crippen molar-refractivity contribution in [3.8, 4) is 0 Å². The first kappa shape index (κ1) is 11.0. The van der Waals surface area contributed by atoms with Gasteiger partial charge in [-0.25, -0.2) is 0 Å². The number of hydrogen-bond donors (Lipinski definition) is 3. The lowest BCUT2D eigenvalue weighted by Gasteiger charge is -2.32. The van der Waals surface area contributed by atoms with Crippen molar-refractivity contribution in [3.05, 3.63) is 0 Å². The van der Waals surface area contributed by atoms with Gasteiger partial charge in [0.05, 0.1) is 5.66 Å². The summed E-state index contributed by atoms with van der Waals surface area (Å²) in [7, 11) is 0. The highest BCUT2D eigenvalue weighted by molar-refractivity contribution is 4.82. The van der Waals surface area contributed by atoms with E-state index in [1.165, 1.54) is 12.8 Å². The van der Waals surface area contributed by atoms with Crippen LogP contribution in [0.4, 0.5) is 0 Å². The lowest BCUT2D eigenvalue weighted by atomic mass is 9.81. The van der Waals surface area contributed by atoms with Crippen molar-refractivity contribution in [2.24, 2.45) is 23.1 Å². The Morgan fingerprint density at radius 2 is 1.69 bits per heavy atom. The summed E-state index contributed by atoms with van der Waals surface area (Å²) in [6, 6.07) is 0.419. The van der Waals surface area contributed by atoms with Gasteiger partial charge in [-0.3, -0.25) is 0 Å². The molecule has 0 heterocycles. The van der Waals surface area contributed by atoms with Crippen molar-refractivity contribution in [2.45, 2.75) is 57.2 Å². The van der Waals surface area contributed by atoms with Crippen LogP contribution in [-0.2, 0) is 0 Å². The second kappa shape index (κ2) is 4.40. The maximum Gasteiger partial charge on any atom is 0.0636 e. The zero-order chi connectivity index (χ0) is 9.90. The molecule has 1 aliphatic rings. The van der Waals surface area contributed by atoms with E-state index in [2.05, 4.69) is 6.92 Å². The van der Waals surface area contributed by atoms with Crippen molar-refractivity contribution in [2.75, 3.05) is 0 Å². The minimum atomic E-state index is -0.452. The topological polar surface area (TPSA) is 78.1 Å². The summed E-state index contributed by atoms with van der Waals surface area (Å²) in [6.07, 6.45) is 6.51. The molecule has 3 nitrogen and oxygen atoms in total. The van der Waals surface area contributed by atoms with Crippen molar-refractivity contribution in [3.63, 3.8) is 0 Å². The van der Waals surface area contributed by atoms with Crippen LogP contribution in [0.3, 0.4) is 0 Å². The molecule has 0 aromatic carbocycles. The van der Waals surface area contributed by atoms with Crippen LogP contribution in [0.15, 0.2) is 0 Å². The van der Waals surface area contributed by atoms with Gasteiger partial charge in [-0.15, -0.1) is 0 Å². The van der Waals surface area contributed by atoms with Gasteiger partial charge >= 0.3 is 0 Å². The summed E-state index contributed by atoms with van der Waals surface area (Å²) in [4.78, 5) is 0. The maximum absolute atomic E-state index is 5.93. The third kappa shape index (κ3) is 3.63. The third-order valence-electron chi connectivity index (χ3n) is 3.22. The van der Waals surface area contributed by atoms with Gasteiger partial charge in [0.2, 0.25) is 0 Å². The van der Waals surface area contributed by atoms with E-state index in [1.54, 1.807) is 0 Å². The first-order chi connectivity index (χ1) is 6.03. The van der Waals surface area contributed by atoms with Crippen LogP contribution >= 0.6 is 0 Å². The van der Waals surface area contributed by atoms with Crippen LogP contribution in [0.5, 0.6) is 0 Å². The van der Waals surface area contributed by atoms with Gasteiger partial charge in [-0.1, -0.05) is 6.92 Å². The van der Waals surface area contributed by atoms with Gasteiger partial charge in [-0.05, 0) is 44.4 Å². The molecule has 0 bridgehead atoms. The Balaban J connectivity index is 2.30. The standard InChI is InChI=1S/C10H23N3/c1-2-10(12,13)7-8-3-5-9(11)6-4-8/h8-9H,2-7,11-13H2,1H3. The quantitative estimate of drug-likeness (QED) is 0.572. The van der Waals surface area contributed by atoms with E-state index in [0.29, 0.717) is 12.0 Å². The number of nitrogens with two attached hydrogens (primary N) is 3. The van der Waals surface area contributed by atoms with Crippen LogP contribution in [0.1, 0.15) is 45.4 Å². The summed E-state index contributed by atoms with van der Waals surface area (Å²) < 4.78 is 0. The molecule has 0 atom stereocenters. The Morgan fingerprint density at radius 1 is 1.15 bits per heavy atom. The van der Waals surface area contributed by atoms with E-state index in [1.807, 2.05) is 0 Å². The molecule has 0 aromatic heterocycles. The van der Waals surface area contributed by atoms with E-state index >= 15 is 0 Å². The normalized spacial score (nSPS) is 30.5. The SMILES string of the molecule is CCC(N)(N)CC1CCC(N)CC1. The Bertz CT molecular complexity index is 148. The second-order valence-electron chi connectivity index (χ2n) is 4.57. The summed E-state index contributed by atoms with van der Waals surface area (Å²) in [6.45, 7) is 2.05. The molecular weight excluding hydrogens is 162 g/mol. The smallest absolute Gasteiger partial charge is 0.0636 e. The van der Waals surface area contributed by atoms with Crippen molar-refractivity contribution < 1.29 is 0 Å². The predicted molar refractivity (Wildman–Crippen MR) is 55.9 cm³/mol. The molecule has 0 saturated heterocycles. The predicted octanol–water partition coefficient (Wildman–Crippen LogP) is 0.918. The van der Waals surface area contributed by atoms with Gasteiger partial charge < -0.3 is 17.2 Å². The molecule has 0 spiro atoms. The van der Waals surface area contributed by atoms with Crippen LogP contribution in [0.2, 0.25) is 0 Å². The highest BCUT2D eigenvalue weighted by Gasteiger charge is 2.25. The summed E-state index contributed by atoms with van der Waals surface area (Å²) in [5, 5.41) is 0. The van der Waals surface area contributed by atoms with Gasteiger partial charge in [0.1, 0.15) is 0 Å². The molecular formula is C10H23N3. The first-order valence-electron chi connectivity index (χ1n) is 5.37. The molecule has 0 amide bonds. The van der Waals surface area contributed by atoms with Crippen LogP contribution in [0, 0.1) is 5.92 Å². The fourth-order valence-corrected chi connectivity index (χ4v) is 2.07. The molecule has 13 heavy (non-hydrogen) atoms. The molecule has 1 aliphatic carbocycles. The fraction of sp³-hybridized carbons (Fsp3) is 1.00. The zero-order valence-corrected chi connectivity index (χ0v) is 8.63. The van der Waals surface area contributed by atoms with Crippen molar-refractivity contribution in [1.29, 1.82) is 0 Å². The van der Waals surface area contributed by atoms with Crippen molar-refractivity contribution in [1.82, 2.24) is 0 Å². The van der Waals surface area contributed by atoms with Crippen LogP contribution < -0.4 is 17.2 Å². The van der Waals surface area contributed by atoms with Gasteiger partial charge in [0.25, 0.3) is 0 Å². The molecule has 0 radical (unpaired) electrons. The molecule has 3 heteroatoms. The van der Waals surface area contributed by atoms with Crippen LogP contribution in [0.25, 0.3) is 0 Å². The summed E-state index contributed by atoms with van der Waals surface area (Å²) in [5.41, 5.74) is 17.2. The Morgan fingerprint density at radius 3 is 2.15 bits per heavy atom. The summed E-state index contributed by atoms with van der Waals surface area (Å²) >= 11 is 0. The summed E-state index contributed by atoms with van der Waals surface area (Å²) in [5.74, 6) is 0.703. The molecule has 1 saturated carbocycles. The minimum Gasteiger partial charge on any atom is -0.328 e. The highest BCUT2D eigenvalue weighted by Crippen LogP contribution is 2.28. The molecule has 0 unspecified atom stereocenters. The maximum atomic E-state index is 5.93.